The monoisotopic (exact) mass is 279 g/mol. The van der Waals surface area contributed by atoms with Crippen molar-refractivity contribution in [3.8, 4) is 0 Å². The number of anilines is 1. The molecule has 2 aliphatic heterocycles. The van der Waals surface area contributed by atoms with Crippen LogP contribution >= 0.6 is 15.9 Å². The Labute approximate surface area is 104 Å². The molecule has 0 saturated heterocycles. The van der Waals surface area contributed by atoms with E-state index in [1.807, 2.05) is 0 Å². The summed E-state index contributed by atoms with van der Waals surface area (Å²) in [4.78, 5) is 13.5. The summed E-state index contributed by atoms with van der Waals surface area (Å²) in [5.74, 6) is 0. The van der Waals surface area contributed by atoms with Crippen LogP contribution in [-0.4, -0.2) is 19.4 Å². The molecule has 16 heavy (non-hydrogen) atoms. The topological polar surface area (TPSA) is 20.3 Å². The molecule has 3 rings (SSSR count). The number of aryl methyl sites for hydroxylation is 1. The van der Waals surface area contributed by atoms with E-state index in [-0.39, 0.29) is 0 Å². The first-order valence-corrected chi connectivity index (χ1v) is 6.65. The molecule has 0 aliphatic carbocycles. The van der Waals surface area contributed by atoms with Gasteiger partial charge in [0.1, 0.15) is 0 Å². The second-order valence-electron chi connectivity index (χ2n) is 4.58. The van der Waals surface area contributed by atoms with Crippen LogP contribution in [0.3, 0.4) is 0 Å². The molecule has 0 N–H and O–H groups in total. The molecule has 0 atom stereocenters. The zero-order valence-corrected chi connectivity index (χ0v) is 10.7. The number of carbonyl (C=O) groups excluding carboxylic acids is 1. The van der Waals surface area contributed by atoms with Crippen molar-refractivity contribution in [2.45, 2.75) is 25.7 Å². The Morgan fingerprint density at radius 1 is 1.25 bits per heavy atom. The van der Waals surface area contributed by atoms with E-state index in [0.29, 0.717) is 0 Å². The molecule has 0 amide bonds. The smallest absolute Gasteiger partial charge is 0.151 e. The zero-order valence-electron chi connectivity index (χ0n) is 9.13. The SMILES string of the molecule is O=Cc1cc2c3c(c1Br)CCCN3CCC2. The molecule has 1 aromatic carbocycles. The van der Waals surface area contributed by atoms with E-state index in [1.165, 1.54) is 42.7 Å². The van der Waals surface area contributed by atoms with Crippen LogP contribution in [0.5, 0.6) is 0 Å². The highest BCUT2D eigenvalue weighted by atomic mass is 79.9. The summed E-state index contributed by atoms with van der Waals surface area (Å²) in [6, 6.07) is 2.06. The minimum atomic E-state index is 0.817. The minimum Gasteiger partial charge on any atom is -0.371 e. The fourth-order valence-corrected chi connectivity index (χ4v) is 3.53. The lowest BCUT2D eigenvalue weighted by molar-refractivity contribution is 0.112. The molecule has 0 spiro atoms. The van der Waals surface area contributed by atoms with Crippen LogP contribution in [-0.2, 0) is 12.8 Å². The highest BCUT2D eigenvalue weighted by Gasteiger charge is 2.26. The van der Waals surface area contributed by atoms with E-state index >= 15 is 0 Å². The van der Waals surface area contributed by atoms with Gasteiger partial charge in [-0.2, -0.15) is 0 Å². The van der Waals surface area contributed by atoms with Crippen LogP contribution in [0.2, 0.25) is 0 Å². The van der Waals surface area contributed by atoms with Gasteiger partial charge in [-0.05, 0) is 58.8 Å². The number of nitrogens with zero attached hydrogens (tertiary/aromatic N) is 1. The zero-order chi connectivity index (χ0) is 11.1. The normalized spacial score (nSPS) is 18.2. The standard InChI is InChI=1S/C13H14BrNO/c14-12-10(8-16)7-9-3-1-5-15-6-2-4-11(12)13(9)15/h7-8H,1-6H2. The summed E-state index contributed by atoms with van der Waals surface area (Å²) in [6.45, 7) is 2.35. The molecule has 0 radical (unpaired) electrons. The molecule has 0 aromatic heterocycles. The number of benzene rings is 1. The highest BCUT2D eigenvalue weighted by molar-refractivity contribution is 9.10. The molecule has 0 saturated carbocycles. The Morgan fingerprint density at radius 2 is 2.00 bits per heavy atom. The van der Waals surface area contributed by atoms with Crippen LogP contribution in [0.15, 0.2) is 10.5 Å². The van der Waals surface area contributed by atoms with Crippen molar-refractivity contribution in [1.29, 1.82) is 0 Å². The van der Waals surface area contributed by atoms with Crippen molar-refractivity contribution >= 4 is 27.9 Å². The summed E-state index contributed by atoms with van der Waals surface area (Å²) in [5.41, 5.74) is 4.95. The van der Waals surface area contributed by atoms with Gasteiger partial charge < -0.3 is 4.90 Å². The quantitative estimate of drug-likeness (QED) is 0.737. The second-order valence-corrected chi connectivity index (χ2v) is 5.37. The van der Waals surface area contributed by atoms with Gasteiger partial charge in [0.05, 0.1) is 0 Å². The van der Waals surface area contributed by atoms with Crippen molar-refractivity contribution in [2.75, 3.05) is 18.0 Å². The van der Waals surface area contributed by atoms with Gasteiger partial charge in [-0.1, -0.05) is 0 Å². The Hall–Kier alpha value is -0.830. The van der Waals surface area contributed by atoms with E-state index in [2.05, 4.69) is 26.9 Å². The average molecular weight is 280 g/mol. The van der Waals surface area contributed by atoms with Crippen LogP contribution in [0.25, 0.3) is 0 Å². The van der Waals surface area contributed by atoms with Gasteiger partial charge in [0.25, 0.3) is 0 Å². The Morgan fingerprint density at radius 3 is 2.75 bits per heavy atom. The van der Waals surface area contributed by atoms with Gasteiger partial charge in [-0.3, -0.25) is 4.79 Å². The molecular formula is C13H14BrNO. The van der Waals surface area contributed by atoms with Crippen molar-refractivity contribution in [2.24, 2.45) is 0 Å². The van der Waals surface area contributed by atoms with Gasteiger partial charge in [-0.25, -0.2) is 0 Å². The number of hydrogen-bond donors (Lipinski definition) is 0. The lowest BCUT2D eigenvalue weighted by Gasteiger charge is -2.37. The first-order valence-electron chi connectivity index (χ1n) is 5.85. The number of aldehydes is 1. The summed E-state index contributed by atoms with van der Waals surface area (Å²) < 4.78 is 1.02. The van der Waals surface area contributed by atoms with Gasteiger partial charge >= 0.3 is 0 Å². The third kappa shape index (κ3) is 1.41. The second kappa shape index (κ2) is 3.88. The summed E-state index contributed by atoms with van der Waals surface area (Å²) in [5, 5.41) is 0. The van der Waals surface area contributed by atoms with Gasteiger partial charge in [0.15, 0.2) is 6.29 Å². The number of hydrogen-bond acceptors (Lipinski definition) is 2. The Kier molecular flexibility index (Phi) is 2.51. The minimum absolute atomic E-state index is 0.817. The van der Waals surface area contributed by atoms with Crippen molar-refractivity contribution in [3.05, 3.63) is 27.2 Å². The van der Waals surface area contributed by atoms with Crippen molar-refractivity contribution < 1.29 is 4.79 Å². The predicted molar refractivity (Wildman–Crippen MR) is 68.4 cm³/mol. The summed E-state index contributed by atoms with van der Waals surface area (Å²) >= 11 is 3.58. The number of rotatable bonds is 1. The molecule has 3 heteroatoms. The fraction of sp³-hybridized carbons (Fsp3) is 0.462. The third-order valence-electron chi connectivity index (χ3n) is 3.61. The number of carbonyl (C=O) groups is 1. The first kappa shape index (κ1) is 10.3. The summed E-state index contributed by atoms with van der Waals surface area (Å²) in [7, 11) is 0. The van der Waals surface area contributed by atoms with Gasteiger partial charge in [0, 0.05) is 28.8 Å². The molecule has 0 bridgehead atoms. The van der Waals surface area contributed by atoms with E-state index in [1.54, 1.807) is 0 Å². The van der Waals surface area contributed by atoms with Gasteiger partial charge in [0.2, 0.25) is 0 Å². The van der Waals surface area contributed by atoms with E-state index in [4.69, 9.17) is 0 Å². The average Bonchev–Trinajstić information content (AvgIpc) is 2.33. The largest absolute Gasteiger partial charge is 0.371 e. The highest BCUT2D eigenvalue weighted by Crippen LogP contribution is 2.40. The van der Waals surface area contributed by atoms with E-state index in [0.717, 1.165) is 29.2 Å². The summed E-state index contributed by atoms with van der Waals surface area (Å²) in [6.07, 6.45) is 5.60. The molecule has 2 aliphatic rings. The molecule has 2 nitrogen and oxygen atoms in total. The van der Waals surface area contributed by atoms with E-state index < -0.39 is 0 Å². The van der Waals surface area contributed by atoms with Crippen molar-refractivity contribution in [1.82, 2.24) is 0 Å². The maximum absolute atomic E-state index is 11.0. The molecule has 1 aromatic rings. The molecule has 84 valence electrons. The Balaban J connectivity index is 2.26. The maximum atomic E-state index is 11.0. The lowest BCUT2D eigenvalue weighted by Crippen LogP contribution is -2.34. The molecular weight excluding hydrogens is 266 g/mol. The Bertz CT molecular complexity index is 454. The fourth-order valence-electron chi connectivity index (χ4n) is 2.93. The molecule has 0 unspecified atom stereocenters. The van der Waals surface area contributed by atoms with Gasteiger partial charge in [-0.15, -0.1) is 0 Å². The number of halogens is 1. The van der Waals surface area contributed by atoms with Crippen LogP contribution in [0.4, 0.5) is 5.69 Å². The first-order chi connectivity index (χ1) is 7.81. The van der Waals surface area contributed by atoms with E-state index in [9.17, 15) is 4.79 Å². The molecule has 2 heterocycles. The lowest BCUT2D eigenvalue weighted by atomic mass is 9.90. The molecule has 0 fully saturated rings. The van der Waals surface area contributed by atoms with Crippen molar-refractivity contribution in [3.63, 3.8) is 0 Å². The third-order valence-corrected chi connectivity index (χ3v) is 4.55. The van der Waals surface area contributed by atoms with Crippen LogP contribution in [0, 0.1) is 0 Å². The van der Waals surface area contributed by atoms with Crippen LogP contribution in [0.1, 0.15) is 34.3 Å². The maximum Gasteiger partial charge on any atom is 0.151 e. The van der Waals surface area contributed by atoms with Crippen LogP contribution < -0.4 is 4.90 Å². The predicted octanol–water partition coefficient (Wildman–Crippen LogP) is 2.96.